The zero-order valence-electron chi connectivity index (χ0n) is 9.91. The molecule has 1 unspecified atom stereocenters. The SMILES string of the molecule is CCOC(=O)C(C)c1ccc(C(F)(F)F)c(O)c1. The van der Waals surface area contributed by atoms with E-state index in [4.69, 9.17) is 4.74 Å². The zero-order chi connectivity index (χ0) is 13.9. The molecular formula is C12H13F3O3. The van der Waals surface area contributed by atoms with Crippen LogP contribution in [0.4, 0.5) is 13.2 Å². The Morgan fingerprint density at radius 2 is 2.06 bits per heavy atom. The average molecular weight is 262 g/mol. The van der Waals surface area contributed by atoms with E-state index in [1.54, 1.807) is 6.92 Å². The summed E-state index contributed by atoms with van der Waals surface area (Å²) in [4.78, 5) is 11.4. The van der Waals surface area contributed by atoms with Gasteiger partial charge in [-0.1, -0.05) is 6.07 Å². The van der Waals surface area contributed by atoms with E-state index in [0.29, 0.717) is 0 Å². The van der Waals surface area contributed by atoms with Gasteiger partial charge < -0.3 is 9.84 Å². The number of halogens is 3. The van der Waals surface area contributed by atoms with Crippen molar-refractivity contribution in [1.82, 2.24) is 0 Å². The van der Waals surface area contributed by atoms with Gasteiger partial charge in [0.2, 0.25) is 0 Å². The van der Waals surface area contributed by atoms with Gasteiger partial charge in [0.15, 0.2) is 0 Å². The maximum Gasteiger partial charge on any atom is 0.419 e. The first-order chi connectivity index (χ1) is 8.27. The summed E-state index contributed by atoms with van der Waals surface area (Å²) in [5.74, 6) is -2.16. The molecule has 100 valence electrons. The smallest absolute Gasteiger partial charge is 0.419 e. The molecule has 6 heteroatoms. The summed E-state index contributed by atoms with van der Waals surface area (Å²) in [7, 11) is 0. The monoisotopic (exact) mass is 262 g/mol. The molecule has 0 heterocycles. The van der Waals surface area contributed by atoms with Gasteiger partial charge in [-0.2, -0.15) is 13.2 Å². The normalized spacial score (nSPS) is 13.2. The maximum absolute atomic E-state index is 12.4. The van der Waals surface area contributed by atoms with Crippen molar-refractivity contribution in [2.24, 2.45) is 0 Å². The van der Waals surface area contributed by atoms with Gasteiger partial charge in [0.25, 0.3) is 0 Å². The molecule has 0 bridgehead atoms. The molecule has 0 amide bonds. The van der Waals surface area contributed by atoms with Crippen LogP contribution in [0, 0.1) is 0 Å². The molecule has 0 aliphatic rings. The van der Waals surface area contributed by atoms with Crippen LogP contribution in [0.1, 0.15) is 30.9 Å². The molecule has 0 aromatic heterocycles. The third-order valence-corrected chi connectivity index (χ3v) is 2.47. The Balaban J connectivity index is 3.01. The molecule has 1 aromatic carbocycles. The summed E-state index contributed by atoms with van der Waals surface area (Å²) < 4.78 is 42.0. The fourth-order valence-electron chi connectivity index (χ4n) is 1.46. The Bertz CT molecular complexity index is 441. The van der Waals surface area contributed by atoms with Crippen LogP contribution in [-0.4, -0.2) is 17.7 Å². The first kappa shape index (κ1) is 14.3. The van der Waals surface area contributed by atoms with Crippen LogP contribution >= 0.6 is 0 Å². The lowest BCUT2D eigenvalue weighted by atomic mass is 9.99. The quantitative estimate of drug-likeness (QED) is 0.851. The molecule has 0 saturated carbocycles. The molecule has 0 spiro atoms. The highest BCUT2D eigenvalue weighted by molar-refractivity contribution is 5.77. The van der Waals surface area contributed by atoms with E-state index in [-0.39, 0.29) is 12.2 Å². The minimum Gasteiger partial charge on any atom is -0.507 e. The molecule has 18 heavy (non-hydrogen) atoms. The molecule has 1 N–H and O–H groups in total. The molecule has 1 aromatic rings. The number of esters is 1. The molecule has 0 fully saturated rings. The van der Waals surface area contributed by atoms with Gasteiger partial charge in [-0.15, -0.1) is 0 Å². The summed E-state index contributed by atoms with van der Waals surface area (Å²) in [5.41, 5.74) is -0.846. The summed E-state index contributed by atoms with van der Waals surface area (Å²) in [6.45, 7) is 3.32. The van der Waals surface area contributed by atoms with Crippen LogP contribution < -0.4 is 0 Å². The average Bonchev–Trinajstić information content (AvgIpc) is 2.26. The predicted molar refractivity (Wildman–Crippen MR) is 58.2 cm³/mol. The van der Waals surface area contributed by atoms with Crippen molar-refractivity contribution in [2.45, 2.75) is 25.9 Å². The molecule has 1 atom stereocenters. The van der Waals surface area contributed by atoms with Crippen LogP contribution in [0.2, 0.25) is 0 Å². The fraction of sp³-hybridized carbons (Fsp3) is 0.417. The number of alkyl halides is 3. The second-order valence-electron chi connectivity index (χ2n) is 3.75. The zero-order valence-corrected chi connectivity index (χ0v) is 9.91. The lowest BCUT2D eigenvalue weighted by Crippen LogP contribution is -2.13. The van der Waals surface area contributed by atoms with E-state index in [1.807, 2.05) is 0 Å². The maximum atomic E-state index is 12.4. The van der Waals surface area contributed by atoms with Gasteiger partial charge in [0.1, 0.15) is 5.75 Å². The number of carbonyl (C=O) groups is 1. The van der Waals surface area contributed by atoms with Crippen molar-refractivity contribution < 1.29 is 27.8 Å². The van der Waals surface area contributed by atoms with Gasteiger partial charge in [0, 0.05) is 0 Å². The van der Waals surface area contributed by atoms with Crippen LogP contribution in [0.5, 0.6) is 5.75 Å². The number of hydrogen-bond acceptors (Lipinski definition) is 3. The van der Waals surface area contributed by atoms with Crippen LogP contribution in [0.25, 0.3) is 0 Å². The molecule has 3 nitrogen and oxygen atoms in total. The molecule has 0 radical (unpaired) electrons. The van der Waals surface area contributed by atoms with Crippen molar-refractivity contribution in [3.05, 3.63) is 29.3 Å². The van der Waals surface area contributed by atoms with Crippen molar-refractivity contribution in [3.8, 4) is 5.75 Å². The van der Waals surface area contributed by atoms with Crippen LogP contribution in [0.15, 0.2) is 18.2 Å². The molecule has 0 saturated heterocycles. The largest absolute Gasteiger partial charge is 0.507 e. The number of aromatic hydroxyl groups is 1. The highest BCUT2D eigenvalue weighted by atomic mass is 19.4. The Morgan fingerprint density at radius 1 is 1.44 bits per heavy atom. The number of hydrogen-bond donors (Lipinski definition) is 1. The standard InChI is InChI=1S/C12H13F3O3/c1-3-18-11(17)7(2)8-4-5-9(10(16)6-8)12(13,14)15/h4-7,16H,3H2,1-2H3. The third-order valence-electron chi connectivity index (χ3n) is 2.47. The van der Waals surface area contributed by atoms with Crippen molar-refractivity contribution in [3.63, 3.8) is 0 Å². The minimum absolute atomic E-state index is 0.190. The predicted octanol–water partition coefficient (Wildman–Crippen LogP) is 3.08. The Labute approximate surface area is 102 Å². The van der Waals surface area contributed by atoms with Crippen molar-refractivity contribution >= 4 is 5.97 Å². The van der Waals surface area contributed by atoms with E-state index in [1.165, 1.54) is 6.92 Å². The third kappa shape index (κ3) is 3.15. The van der Waals surface area contributed by atoms with Gasteiger partial charge in [0.05, 0.1) is 18.1 Å². The number of benzene rings is 1. The molecule has 0 aliphatic heterocycles. The summed E-state index contributed by atoms with van der Waals surface area (Å²) in [5, 5.41) is 9.32. The van der Waals surface area contributed by atoms with E-state index >= 15 is 0 Å². The summed E-state index contributed by atoms with van der Waals surface area (Å²) in [6, 6.07) is 2.84. The van der Waals surface area contributed by atoms with Gasteiger partial charge in [-0.05, 0) is 31.5 Å². The number of phenols is 1. The number of phenolic OH excluding ortho intramolecular Hbond substituents is 1. The Kier molecular flexibility index (Phi) is 4.21. The van der Waals surface area contributed by atoms with Crippen LogP contribution in [0.3, 0.4) is 0 Å². The van der Waals surface area contributed by atoms with Gasteiger partial charge in [-0.3, -0.25) is 4.79 Å². The second-order valence-corrected chi connectivity index (χ2v) is 3.75. The first-order valence-corrected chi connectivity index (χ1v) is 5.34. The van der Waals surface area contributed by atoms with Gasteiger partial charge in [-0.25, -0.2) is 0 Å². The highest BCUT2D eigenvalue weighted by Crippen LogP contribution is 2.37. The van der Waals surface area contributed by atoms with Crippen molar-refractivity contribution in [1.29, 1.82) is 0 Å². The lowest BCUT2D eigenvalue weighted by molar-refractivity contribution is -0.144. The fourth-order valence-corrected chi connectivity index (χ4v) is 1.46. The van der Waals surface area contributed by atoms with E-state index in [2.05, 4.69) is 0 Å². The molecular weight excluding hydrogens is 249 g/mol. The van der Waals surface area contributed by atoms with Crippen molar-refractivity contribution in [2.75, 3.05) is 6.61 Å². The topological polar surface area (TPSA) is 46.5 Å². The van der Waals surface area contributed by atoms with E-state index in [0.717, 1.165) is 18.2 Å². The summed E-state index contributed by atoms with van der Waals surface area (Å²) >= 11 is 0. The number of rotatable bonds is 3. The Hall–Kier alpha value is -1.72. The summed E-state index contributed by atoms with van der Waals surface area (Å²) in [6.07, 6.45) is -4.62. The molecule has 1 rings (SSSR count). The minimum atomic E-state index is -4.62. The van der Waals surface area contributed by atoms with Gasteiger partial charge >= 0.3 is 12.1 Å². The highest BCUT2D eigenvalue weighted by Gasteiger charge is 2.34. The number of carbonyl (C=O) groups excluding carboxylic acids is 1. The number of ether oxygens (including phenoxy) is 1. The van der Waals surface area contributed by atoms with E-state index < -0.39 is 29.4 Å². The van der Waals surface area contributed by atoms with E-state index in [9.17, 15) is 23.1 Å². The second kappa shape index (κ2) is 5.29. The Morgan fingerprint density at radius 3 is 2.50 bits per heavy atom. The van der Waals surface area contributed by atoms with Crippen LogP contribution in [-0.2, 0) is 15.7 Å². The molecule has 0 aliphatic carbocycles. The first-order valence-electron chi connectivity index (χ1n) is 5.34. The lowest BCUT2D eigenvalue weighted by Gasteiger charge is -2.14.